The van der Waals surface area contributed by atoms with Gasteiger partial charge in [-0.2, -0.15) is 8.42 Å². The Morgan fingerprint density at radius 3 is 1.97 bits per heavy atom. The zero-order valence-electron chi connectivity index (χ0n) is 14.3. The molecule has 152 valence electrons. The van der Waals surface area contributed by atoms with Crippen molar-refractivity contribution < 1.29 is 23.2 Å². The highest BCUT2D eigenvalue weighted by atomic mass is 35.5. The minimum Gasteiger partial charge on any atom is -0.508 e. The third kappa shape index (κ3) is 3.65. The first-order chi connectivity index (χ1) is 13.5. The Labute approximate surface area is 186 Å². The Morgan fingerprint density at radius 1 is 0.793 bits per heavy atom. The summed E-state index contributed by atoms with van der Waals surface area (Å²) in [4.78, 5) is 0. The summed E-state index contributed by atoms with van der Waals surface area (Å²) >= 11 is 24.2. The highest BCUT2D eigenvalue weighted by Crippen LogP contribution is 2.52. The Kier molecular flexibility index (Phi) is 5.98. The molecule has 0 aliphatic heterocycles. The normalized spacial score (nSPS) is 13.8. The van der Waals surface area contributed by atoms with E-state index in [1.54, 1.807) is 0 Å². The highest BCUT2D eigenvalue weighted by Gasteiger charge is 2.51. The topological polar surface area (TPSA) is 94.8 Å². The standard InChI is InChI=1S/C19H12Cl4O5S/c20-12-3-1-2-11(8-12)19(29(26,27)28,10-4-6-13(24)7-5-10)14-9-15(21)16(22)17(23)18(14)25/h1-9,24-25H,(H,26,27,28). The number of rotatable bonds is 4. The smallest absolute Gasteiger partial charge is 0.283 e. The molecule has 0 fully saturated rings. The van der Waals surface area contributed by atoms with Crippen LogP contribution in [0, 0.1) is 0 Å². The van der Waals surface area contributed by atoms with Crippen molar-refractivity contribution in [1.29, 1.82) is 0 Å². The molecule has 1 atom stereocenters. The zero-order valence-corrected chi connectivity index (χ0v) is 18.1. The summed E-state index contributed by atoms with van der Waals surface area (Å²) in [5, 5.41) is 19.8. The summed E-state index contributed by atoms with van der Waals surface area (Å²) in [6, 6.07) is 11.8. The van der Waals surface area contributed by atoms with Crippen molar-refractivity contribution in [3.8, 4) is 11.5 Å². The highest BCUT2D eigenvalue weighted by molar-refractivity contribution is 7.87. The van der Waals surface area contributed by atoms with Crippen molar-refractivity contribution in [2.45, 2.75) is 4.75 Å². The molecule has 0 spiro atoms. The molecule has 1 unspecified atom stereocenters. The first kappa shape index (κ1) is 22.0. The van der Waals surface area contributed by atoms with Crippen molar-refractivity contribution in [3.63, 3.8) is 0 Å². The van der Waals surface area contributed by atoms with Crippen LogP contribution >= 0.6 is 46.4 Å². The van der Waals surface area contributed by atoms with Crippen molar-refractivity contribution in [3.05, 3.63) is 91.4 Å². The van der Waals surface area contributed by atoms with E-state index in [4.69, 9.17) is 46.4 Å². The second kappa shape index (κ2) is 7.87. The van der Waals surface area contributed by atoms with Crippen LogP contribution in [0.1, 0.15) is 16.7 Å². The van der Waals surface area contributed by atoms with Crippen LogP contribution in [0.25, 0.3) is 0 Å². The summed E-state index contributed by atoms with van der Waals surface area (Å²) in [6.45, 7) is 0. The van der Waals surface area contributed by atoms with Crippen molar-refractivity contribution in [2.24, 2.45) is 0 Å². The van der Waals surface area contributed by atoms with Gasteiger partial charge in [0.25, 0.3) is 10.1 Å². The molecule has 0 aromatic heterocycles. The molecule has 3 aromatic carbocycles. The van der Waals surface area contributed by atoms with Gasteiger partial charge in [-0.15, -0.1) is 0 Å². The molecule has 3 N–H and O–H groups in total. The van der Waals surface area contributed by atoms with E-state index in [9.17, 15) is 23.2 Å². The molecule has 3 rings (SSSR count). The minimum absolute atomic E-state index is 0.00273. The van der Waals surface area contributed by atoms with Crippen LogP contribution in [0.4, 0.5) is 0 Å². The molecule has 0 aliphatic rings. The molecule has 3 aromatic rings. The van der Waals surface area contributed by atoms with E-state index >= 15 is 0 Å². The number of hydrogen-bond acceptors (Lipinski definition) is 4. The van der Waals surface area contributed by atoms with Gasteiger partial charge in [-0.1, -0.05) is 70.7 Å². The summed E-state index contributed by atoms with van der Waals surface area (Å²) in [5.41, 5.74) is -0.347. The van der Waals surface area contributed by atoms with Crippen LogP contribution in [0.15, 0.2) is 54.6 Å². The van der Waals surface area contributed by atoms with Crippen LogP contribution in [0.5, 0.6) is 11.5 Å². The molecule has 29 heavy (non-hydrogen) atoms. The Balaban J connectivity index is 2.59. The lowest BCUT2D eigenvalue weighted by molar-refractivity contribution is 0.440. The second-order valence-corrected chi connectivity index (χ2v) is 9.26. The lowest BCUT2D eigenvalue weighted by atomic mass is 9.83. The van der Waals surface area contributed by atoms with Gasteiger partial charge in [0.15, 0.2) is 4.75 Å². The van der Waals surface area contributed by atoms with Gasteiger partial charge < -0.3 is 10.2 Å². The van der Waals surface area contributed by atoms with Crippen molar-refractivity contribution in [2.75, 3.05) is 0 Å². The van der Waals surface area contributed by atoms with Crippen LogP contribution in [0.3, 0.4) is 0 Å². The number of halogens is 4. The van der Waals surface area contributed by atoms with E-state index in [1.807, 2.05) is 0 Å². The lowest BCUT2D eigenvalue weighted by Gasteiger charge is -2.33. The summed E-state index contributed by atoms with van der Waals surface area (Å²) in [5.74, 6) is -0.827. The number of aromatic hydroxyl groups is 2. The fourth-order valence-electron chi connectivity index (χ4n) is 3.17. The first-order valence-corrected chi connectivity index (χ1v) is 10.8. The van der Waals surface area contributed by atoms with Crippen LogP contribution < -0.4 is 0 Å². The Bertz CT molecular complexity index is 1200. The number of phenolic OH excluding ortho intramolecular Hbond substituents is 2. The van der Waals surface area contributed by atoms with Gasteiger partial charge in [0.05, 0.1) is 10.0 Å². The first-order valence-electron chi connectivity index (χ1n) is 7.89. The average Bonchev–Trinajstić information content (AvgIpc) is 2.65. The van der Waals surface area contributed by atoms with E-state index in [0.29, 0.717) is 0 Å². The predicted molar refractivity (Wildman–Crippen MR) is 114 cm³/mol. The van der Waals surface area contributed by atoms with Gasteiger partial charge in [0.1, 0.15) is 16.5 Å². The van der Waals surface area contributed by atoms with E-state index in [2.05, 4.69) is 0 Å². The van der Waals surface area contributed by atoms with Crippen LogP contribution in [-0.2, 0) is 14.9 Å². The molecule has 0 bridgehead atoms. The fourth-order valence-corrected chi connectivity index (χ4v) is 5.25. The van der Waals surface area contributed by atoms with Gasteiger partial charge >= 0.3 is 0 Å². The quantitative estimate of drug-likeness (QED) is 0.239. The molecule has 0 radical (unpaired) electrons. The molecule has 0 saturated heterocycles. The molecule has 0 aliphatic carbocycles. The molecule has 0 amide bonds. The molecule has 5 nitrogen and oxygen atoms in total. The monoisotopic (exact) mass is 492 g/mol. The lowest BCUT2D eigenvalue weighted by Crippen LogP contribution is -2.38. The maximum absolute atomic E-state index is 12.9. The zero-order chi connectivity index (χ0) is 21.6. The fraction of sp³-hybridized carbons (Fsp3) is 0.0526. The largest absolute Gasteiger partial charge is 0.508 e. The molecular weight excluding hydrogens is 482 g/mol. The van der Waals surface area contributed by atoms with E-state index in [0.717, 1.165) is 6.07 Å². The molecular formula is C19H12Cl4O5S. The van der Waals surface area contributed by atoms with Gasteiger partial charge in [-0.05, 0) is 41.5 Å². The Hall–Kier alpha value is -1.67. The number of phenols is 2. The average molecular weight is 494 g/mol. The predicted octanol–water partition coefficient (Wildman–Crippen LogP) is 5.89. The summed E-state index contributed by atoms with van der Waals surface area (Å²) in [7, 11) is -5.04. The number of benzene rings is 3. The minimum atomic E-state index is -5.04. The maximum atomic E-state index is 12.9. The van der Waals surface area contributed by atoms with Gasteiger partial charge in [-0.25, -0.2) is 0 Å². The van der Waals surface area contributed by atoms with Crippen LogP contribution in [-0.4, -0.2) is 23.2 Å². The molecule has 0 saturated carbocycles. The van der Waals surface area contributed by atoms with Crippen molar-refractivity contribution in [1.82, 2.24) is 0 Å². The second-order valence-electron chi connectivity index (χ2n) is 6.10. The van der Waals surface area contributed by atoms with Gasteiger partial charge in [0.2, 0.25) is 0 Å². The maximum Gasteiger partial charge on any atom is 0.283 e. The van der Waals surface area contributed by atoms with Crippen molar-refractivity contribution >= 4 is 56.5 Å². The van der Waals surface area contributed by atoms with Gasteiger partial charge in [-0.3, -0.25) is 4.55 Å². The van der Waals surface area contributed by atoms with E-state index < -0.39 is 20.6 Å². The summed E-state index contributed by atoms with van der Waals surface area (Å²) in [6.07, 6.45) is 0. The SMILES string of the molecule is O=S(=O)(O)C(c1ccc(O)cc1)(c1cccc(Cl)c1)c1cc(Cl)c(Cl)c(Cl)c1O. The third-order valence-corrected chi connectivity index (χ3v) is 7.36. The summed E-state index contributed by atoms with van der Waals surface area (Å²) < 4.78 is 33.9. The number of hydrogen-bond donors (Lipinski definition) is 3. The van der Waals surface area contributed by atoms with E-state index in [1.165, 1.54) is 48.5 Å². The Morgan fingerprint density at radius 2 is 1.41 bits per heavy atom. The molecule has 0 heterocycles. The third-order valence-electron chi connectivity index (χ3n) is 4.41. The van der Waals surface area contributed by atoms with E-state index in [-0.39, 0.29) is 42.5 Å². The van der Waals surface area contributed by atoms with Crippen LogP contribution in [0.2, 0.25) is 20.1 Å². The van der Waals surface area contributed by atoms with Gasteiger partial charge in [0, 0.05) is 10.6 Å². The molecule has 10 heteroatoms.